The molecule has 0 fully saturated rings. The molecule has 0 saturated carbocycles. The maximum absolute atomic E-state index is 13.2. The Hall–Kier alpha value is -3.09. The van der Waals surface area contributed by atoms with Gasteiger partial charge in [0.05, 0.1) is 24.8 Å². The summed E-state index contributed by atoms with van der Waals surface area (Å²) in [5.41, 5.74) is 6.13. The van der Waals surface area contributed by atoms with Gasteiger partial charge in [0.15, 0.2) is 0 Å². The summed E-state index contributed by atoms with van der Waals surface area (Å²) in [4.78, 5) is 24.7. The first-order chi connectivity index (χ1) is 14.7. The molecule has 3 rings (SSSR count). The maximum atomic E-state index is 13.2. The minimum atomic E-state index is -0.224. The summed E-state index contributed by atoms with van der Waals surface area (Å²) >= 11 is 6.08. The molecule has 0 aliphatic rings. The number of aromatic nitrogens is 1. The molecule has 1 amide bonds. The molecule has 3 aromatic rings. The summed E-state index contributed by atoms with van der Waals surface area (Å²) in [6, 6.07) is 15.5. The van der Waals surface area contributed by atoms with Crippen molar-refractivity contribution in [1.29, 1.82) is 0 Å². The van der Waals surface area contributed by atoms with Crippen LogP contribution in [-0.2, 0) is 11.9 Å². The first-order valence-electron chi connectivity index (χ1n) is 9.83. The normalized spacial score (nSPS) is 11.2. The van der Waals surface area contributed by atoms with Gasteiger partial charge in [-0.3, -0.25) is 9.63 Å². The van der Waals surface area contributed by atoms with Crippen molar-refractivity contribution >= 4 is 29.5 Å². The Kier molecular flexibility index (Phi) is 6.83. The lowest BCUT2D eigenvalue weighted by Gasteiger charge is -2.16. The van der Waals surface area contributed by atoms with Crippen LogP contribution in [0.5, 0.6) is 0 Å². The van der Waals surface area contributed by atoms with Crippen molar-refractivity contribution in [2.24, 2.45) is 12.0 Å². The Bertz CT molecular complexity index is 1100. The van der Waals surface area contributed by atoms with E-state index in [1.54, 1.807) is 13.4 Å². The minimum absolute atomic E-state index is 0.224. The zero-order chi connectivity index (χ0) is 22.7. The number of hydrogen-bond donors (Lipinski definition) is 0. The van der Waals surface area contributed by atoms with Crippen molar-refractivity contribution in [2.75, 3.05) is 28.3 Å². The molecule has 2 aromatic carbocycles. The molecular weight excluding hydrogens is 412 g/mol. The molecular formula is C24H27ClN4O2. The van der Waals surface area contributed by atoms with Crippen LogP contribution in [0.1, 0.15) is 16.1 Å². The summed E-state index contributed by atoms with van der Waals surface area (Å²) in [6.07, 6.45) is 1.75. The lowest BCUT2D eigenvalue weighted by atomic mass is 9.98. The summed E-state index contributed by atoms with van der Waals surface area (Å²) in [5, 5.41) is 1.90. The zero-order valence-corrected chi connectivity index (χ0v) is 19.4. The van der Waals surface area contributed by atoms with Gasteiger partial charge in [-0.05, 0) is 47.9 Å². The number of carbonyl (C=O) groups is 1. The van der Waals surface area contributed by atoms with Gasteiger partial charge >= 0.3 is 0 Å². The number of carbonyl (C=O) groups excluding carboxylic acids is 1. The molecule has 0 saturated heterocycles. The highest BCUT2D eigenvalue weighted by Gasteiger charge is 2.27. The van der Waals surface area contributed by atoms with Crippen LogP contribution in [0.25, 0.3) is 22.4 Å². The molecule has 0 atom stereocenters. The molecule has 31 heavy (non-hydrogen) atoms. The lowest BCUT2D eigenvalue weighted by Crippen LogP contribution is -2.27. The van der Waals surface area contributed by atoms with Gasteiger partial charge in [-0.25, -0.2) is 10.1 Å². The Balaban J connectivity index is 2.19. The van der Waals surface area contributed by atoms with Gasteiger partial charge in [0, 0.05) is 38.8 Å². The van der Waals surface area contributed by atoms with E-state index in [9.17, 15) is 4.79 Å². The number of hydroxylamine groups is 2. The highest BCUT2D eigenvalue weighted by Crippen LogP contribution is 2.38. The predicted octanol–water partition coefficient (Wildman–Crippen LogP) is 5.18. The average molecular weight is 439 g/mol. The molecule has 6 nitrogen and oxygen atoms in total. The summed E-state index contributed by atoms with van der Waals surface area (Å²) in [6.45, 7) is 2.03. The Morgan fingerprint density at radius 1 is 1.03 bits per heavy atom. The van der Waals surface area contributed by atoms with Crippen LogP contribution in [0.15, 0.2) is 53.5 Å². The smallest absolute Gasteiger partial charge is 0.294 e. The molecule has 0 unspecified atom stereocenters. The van der Waals surface area contributed by atoms with Crippen molar-refractivity contribution in [3.63, 3.8) is 0 Å². The second-order valence-corrected chi connectivity index (χ2v) is 7.94. The molecule has 1 heterocycles. The molecule has 7 heteroatoms. The van der Waals surface area contributed by atoms with Crippen molar-refractivity contribution in [3.8, 4) is 22.4 Å². The van der Waals surface area contributed by atoms with Crippen LogP contribution in [0.3, 0.4) is 0 Å². The number of halogens is 1. The first kappa shape index (κ1) is 22.6. The third-order valence-electron chi connectivity index (χ3n) is 5.11. The maximum Gasteiger partial charge on any atom is 0.294 e. The minimum Gasteiger partial charge on any atom is -0.369 e. The predicted molar refractivity (Wildman–Crippen MR) is 127 cm³/mol. The van der Waals surface area contributed by atoms with Crippen LogP contribution in [0.2, 0.25) is 5.02 Å². The highest BCUT2D eigenvalue weighted by atomic mass is 35.5. The van der Waals surface area contributed by atoms with Crippen LogP contribution in [0.4, 0.5) is 5.69 Å². The van der Waals surface area contributed by atoms with Crippen LogP contribution >= 0.6 is 11.6 Å². The van der Waals surface area contributed by atoms with Gasteiger partial charge in [0.2, 0.25) is 0 Å². The van der Waals surface area contributed by atoms with Gasteiger partial charge in [0.1, 0.15) is 5.69 Å². The number of aliphatic imine (C=N–C) groups is 1. The number of rotatable bonds is 6. The molecule has 0 aliphatic carbocycles. The monoisotopic (exact) mass is 438 g/mol. The van der Waals surface area contributed by atoms with E-state index in [4.69, 9.17) is 16.4 Å². The number of hydrogen-bond acceptors (Lipinski definition) is 3. The van der Waals surface area contributed by atoms with Crippen molar-refractivity contribution < 1.29 is 9.63 Å². The summed E-state index contributed by atoms with van der Waals surface area (Å²) in [7, 11) is 8.83. The van der Waals surface area contributed by atoms with Gasteiger partial charge in [-0.1, -0.05) is 35.9 Å². The lowest BCUT2D eigenvalue weighted by molar-refractivity contribution is -0.0761. The van der Waals surface area contributed by atoms with E-state index in [1.165, 1.54) is 12.2 Å². The van der Waals surface area contributed by atoms with Crippen molar-refractivity contribution in [3.05, 3.63) is 64.8 Å². The quantitative estimate of drug-likeness (QED) is 0.303. The summed E-state index contributed by atoms with van der Waals surface area (Å²) < 4.78 is 1.92. The van der Waals surface area contributed by atoms with E-state index in [0.717, 1.165) is 33.6 Å². The van der Waals surface area contributed by atoms with Crippen LogP contribution in [-0.4, -0.2) is 55.0 Å². The van der Waals surface area contributed by atoms with E-state index >= 15 is 0 Å². The van der Waals surface area contributed by atoms with E-state index in [2.05, 4.69) is 4.99 Å². The molecule has 0 bridgehead atoms. The number of amides is 1. The van der Waals surface area contributed by atoms with Gasteiger partial charge in [-0.15, -0.1) is 0 Å². The van der Waals surface area contributed by atoms with Gasteiger partial charge < -0.3 is 9.47 Å². The van der Waals surface area contributed by atoms with E-state index in [-0.39, 0.29) is 5.91 Å². The van der Waals surface area contributed by atoms with Gasteiger partial charge in [0.25, 0.3) is 5.91 Å². The third kappa shape index (κ3) is 4.65. The van der Waals surface area contributed by atoms with Gasteiger partial charge in [-0.2, -0.15) is 0 Å². The van der Waals surface area contributed by atoms with Crippen LogP contribution < -0.4 is 0 Å². The fraction of sp³-hybridized carbons (Fsp3) is 0.250. The molecule has 0 radical (unpaired) electrons. The Morgan fingerprint density at radius 2 is 1.61 bits per heavy atom. The van der Waals surface area contributed by atoms with E-state index in [1.807, 2.05) is 86.1 Å². The third-order valence-corrected chi connectivity index (χ3v) is 5.36. The molecule has 0 spiro atoms. The Morgan fingerprint density at radius 3 is 2.16 bits per heavy atom. The fourth-order valence-electron chi connectivity index (χ4n) is 3.58. The summed E-state index contributed by atoms with van der Waals surface area (Å²) in [5.74, 6) is -0.224. The standard InChI is InChI=1S/C24H27ClN4O2/c1-16-21(17-9-13-20(14-10-17)26-15-27(2)3)23(24(30)29(5)31-6)28(4)22(16)18-7-11-19(25)12-8-18/h7-15H,1-6H3/b26-15+. The van der Waals surface area contributed by atoms with E-state index in [0.29, 0.717) is 10.7 Å². The van der Waals surface area contributed by atoms with Crippen LogP contribution in [0, 0.1) is 6.92 Å². The second kappa shape index (κ2) is 9.37. The molecule has 0 aliphatic heterocycles. The topological polar surface area (TPSA) is 50.1 Å². The van der Waals surface area contributed by atoms with Crippen molar-refractivity contribution in [1.82, 2.24) is 14.5 Å². The first-order valence-corrected chi connectivity index (χ1v) is 10.2. The number of nitrogens with zero attached hydrogens (tertiary/aromatic N) is 4. The second-order valence-electron chi connectivity index (χ2n) is 7.50. The Labute approximate surface area is 188 Å². The molecule has 0 N–H and O–H groups in total. The zero-order valence-electron chi connectivity index (χ0n) is 18.7. The molecule has 162 valence electrons. The number of benzene rings is 2. The largest absolute Gasteiger partial charge is 0.369 e. The highest BCUT2D eigenvalue weighted by molar-refractivity contribution is 6.30. The van der Waals surface area contributed by atoms with Crippen molar-refractivity contribution in [2.45, 2.75) is 6.92 Å². The molecule has 1 aromatic heterocycles. The SMILES string of the molecule is CON(C)C(=O)c1c(-c2ccc(/N=C/N(C)C)cc2)c(C)c(-c2ccc(Cl)cc2)n1C. The fourth-order valence-corrected chi connectivity index (χ4v) is 3.70. The average Bonchev–Trinajstić information content (AvgIpc) is 3.02. The van der Waals surface area contributed by atoms with E-state index < -0.39 is 0 Å².